The lowest BCUT2D eigenvalue weighted by molar-refractivity contribution is -0.148. The van der Waals surface area contributed by atoms with Gasteiger partial charge in [0, 0.05) is 19.1 Å². The number of carbonyl (C=O) groups excluding carboxylic acids is 1. The highest BCUT2D eigenvalue weighted by Crippen LogP contribution is 2.16. The van der Waals surface area contributed by atoms with E-state index in [0.717, 1.165) is 52.0 Å². The number of methoxy groups -OCH3 is 1. The van der Waals surface area contributed by atoms with Crippen molar-refractivity contribution in [1.82, 2.24) is 5.32 Å². The van der Waals surface area contributed by atoms with Crippen molar-refractivity contribution in [3.63, 3.8) is 0 Å². The van der Waals surface area contributed by atoms with Crippen LogP contribution in [0.25, 0.3) is 0 Å². The van der Waals surface area contributed by atoms with Crippen LogP contribution in [0.3, 0.4) is 0 Å². The minimum Gasteiger partial charge on any atom is -0.468 e. The van der Waals surface area contributed by atoms with E-state index >= 15 is 0 Å². The summed E-state index contributed by atoms with van der Waals surface area (Å²) in [5, 5.41) is 3.28. The van der Waals surface area contributed by atoms with Crippen LogP contribution in [-0.4, -0.2) is 51.6 Å². The van der Waals surface area contributed by atoms with Crippen molar-refractivity contribution in [2.75, 3.05) is 40.1 Å². The number of hydrogen-bond acceptors (Lipinski definition) is 5. The molecule has 0 saturated carbocycles. The zero-order valence-corrected chi connectivity index (χ0v) is 13.1. The van der Waals surface area contributed by atoms with E-state index in [9.17, 15) is 4.79 Å². The first-order valence-corrected chi connectivity index (χ1v) is 7.61. The van der Waals surface area contributed by atoms with Gasteiger partial charge in [0.25, 0.3) is 0 Å². The van der Waals surface area contributed by atoms with Crippen LogP contribution in [-0.2, 0) is 19.0 Å². The molecule has 2 atom stereocenters. The Morgan fingerprint density at radius 3 is 2.90 bits per heavy atom. The molecule has 5 heteroatoms. The largest absolute Gasteiger partial charge is 0.468 e. The molecule has 1 aliphatic heterocycles. The van der Waals surface area contributed by atoms with Crippen molar-refractivity contribution in [3.8, 4) is 0 Å². The minimum atomic E-state index is -0.607. The smallest absolute Gasteiger partial charge is 0.325 e. The first-order chi connectivity index (χ1) is 9.62. The molecule has 0 amide bonds. The average Bonchev–Trinajstić information content (AvgIpc) is 2.97. The average molecular weight is 287 g/mol. The summed E-state index contributed by atoms with van der Waals surface area (Å²) in [5.74, 6) is 0.343. The van der Waals surface area contributed by atoms with Gasteiger partial charge in [0.05, 0.1) is 20.3 Å². The van der Waals surface area contributed by atoms with Gasteiger partial charge in [-0.15, -0.1) is 0 Å². The van der Waals surface area contributed by atoms with Gasteiger partial charge in [0.2, 0.25) is 0 Å². The number of esters is 1. The Morgan fingerprint density at radius 2 is 2.30 bits per heavy atom. The lowest BCUT2D eigenvalue weighted by atomic mass is 9.96. The zero-order valence-electron chi connectivity index (χ0n) is 13.1. The summed E-state index contributed by atoms with van der Waals surface area (Å²) in [6.45, 7) is 7.91. The van der Waals surface area contributed by atoms with E-state index in [1.807, 2.05) is 6.92 Å². The molecule has 118 valence electrons. The van der Waals surface area contributed by atoms with Gasteiger partial charge in [-0.05, 0) is 39.2 Å². The first-order valence-electron chi connectivity index (χ1n) is 7.61. The maximum Gasteiger partial charge on any atom is 0.325 e. The van der Waals surface area contributed by atoms with Crippen LogP contribution < -0.4 is 5.32 Å². The molecule has 0 bridgehead atoms. The fraction of sp³-hybridized carbons (Fsp3) is 0.933. The van der Waals surface area contributed by atoms with E-state index in [1.165, 1.54) is 7.11 Å². The number of carbonyl (C=O) groups is 1. The maximum atomic E-state index is 11.9. The van der Waals surface area contributed by atoms with E-state index in [1.54, 1.807) is 0 Å². The summed E-state index contributed by atoms with van der Waals surface area (Å²) in [7, 11) is 1.44. The fourth-order valence-electron chi connectivity index (χ4n) is 2.38. The molecule has 1 N–H and O–H groups in total. The number of hydrogen-bond donors (Lipinski definition) is 1. The normalized spacial score (nSPS) is 21.6. The van der Waals surface area contributed by atoms with Gasteiger partial charge in [0.15, 0.2) is 0 Å². The third kappa shape index (κ3) is 5.77. The second-order valence-corrected chi connectivity index (χ2v) is 5.66. The summed E-state index contributed by atoms with van der Waals surface area (Å²) >= 11 is 0. The van der Waals surface area contributed by atoms with Gasteiger partial charge in [0.1, 0.15) is 5.54 Å². The van der Waals surface area contributed by atoms with Crippen molar-refractivity contribution >= 4 is 5.97 Å². The van der Waals surface area contributed by atoms with Crippen LogP contribution in [0, 0.1) is 5.92 Å². The summed E-state index contributed by atoms with van der Waals surface area (Å²) < 4.78 is 15.9. The summed E-state index contributed by atoms with van der Waals surface area (Å²) in [6, 6.07) is 0. The van der Waals surface area contributed by atoms with E-state index in [2.05, 4.69) is 12.2 Å². The van der Waals surface area contributed by atoms with Crippen molar-refractivity contribution in [2.24, 2.45) is 5.92 Å². The highest BCUT2D eigenvalue weighted by atomic mass is 16.5. The Labute approximate surface area is 122 Å². The summed E-state index contributed by atoms with van der Waals surface area (Å²) in [6.07, 6.45) is 3.65. The fourth-order valence-corrected chi connectivity index (χ4v) is 2.38. The molecule has 5 nitrogen and oxygen atoms in total. The van der Waals surface area contributed by atoms with Crippen molar-refractivity contribution < 1.29 is 19.0 Å². The van der Waals surface area contributed by atoms with E-state index < -0.39 is 5.54 Å². The number of rotatable bonds is 10. The molecular formula is C15H29NO4. The monoisotopic (exact) mass is 287 g/mol. The Hall–Kier alpha value is -0.650. The highest BCUT2D eigenvalue weighted by molar-refractivity contribution is 5.80. The van der Waals surface area contributed by atoms with Crippen molar-refractivity contribution in [1.29, 1.82) is 0 Å². The Kier molecular flexibility index (Phi) is 8.11. The van der Waals surface area contributed by atoms with Crippen LogP contribution in [0.2, 0.25) is 0 Å². The minimum absolute atomic E-state index is 0.199. The molecule has 2 unspecified atom stereocenters. The predicted molar refractivity (Wildman–Crippen MR) is 77.7 cm³/mol. The van der Waals surface area contributed by atoms with Gasteiger partial charge in [-0.1, -0.05) is 6.92 Å². The van der Waals surface area contributed by atoms with E-state index in [4.69, 9.17) is 14.2 Å². The van der Waals surface area contributed by atoms with Gasteiger partial charge in [-0.3, -0.25) is 4.79 Å². The Morgan fingerprint density at radius 1 is 1.50 bits per heavy atom. The van der Waals surface area contributed by atoms with Crippen molar-refractivity contribution in [2.45, 2.75) is 45.1 Å². The Bertz CT molecular complexity index is 279. The molecular weight excluding hydrogens is 258 g/mol. The van der Waals surface area contributed by atoms with E-state index in [0.29, 0.717) is 12.5 Å². The Balaban J connectivity index is 2.21. The quantitative estimate of drug-likeness (QED) is 0.490. The van der Waals surface area contributed by atoms with Gasteiger partial charge < -0.3 is 19.5 Å². The van der Waals surface area contributed by atoms with Gasteiger partial charge in [-0.25, -0.2) is 0 Å². The third-order valence-corrected chi connectivity index (χ3v) is 3.74. The van der Waals surface area contributed by atoms with Crippen LogP contribution in [0.4, 0.5) is 0 Å². The van der Waals surface area contributed by atoms with Crippen LogP contribution in [0.15, 0.2) is 0 Å². The number of ether oxygens (including phenoxy) is 3. The number of nitrogens with one attached hydrogen (secondary N) is 1. The summed E-state index contributed by atoms with van der Waals surface area (Å²) in [4.78, 5) is 11.9. The van der Waals surface area contributed by atoms with Crippen LogP contribution in [0.1, 0.15) is 39.5 Å². The first kappa shape index (κ1) is 17.4. The molecule has 1 saturated heterocycles. The molecule has 0 aromatic heterocycles. The predicted octanol–water partition coefficient (Wildman–Crippen LogP) is 1.75. The SMILES string of the molecule is CCCNC(C)(CCCOCC1CCOC1)C(=O)OC. The molecule has 0 aliphatic carbocycles. The molecule has 0 radical (unpaired) electrons. The maximum absolute atomic E-state index is 11.9. The molecule has 1 rings (SSSR count). The van der Waals surface area contributed by atoms with Crippen LogP contribution in [0.5, 0.6) is 0 Å². The highest BCUT2D eigenvalue weighted by Gasteiger charge is 2.32. The third-order valence-electron chi connectivity index (χ3n) is 3.74. The van der Waals surface area contributed by atoms with E-state index in [-0.39, 0.29) is 5.97 Å². The zero-order chi connectivity index (χ0) is 14.8. The standard InChI is InChI=1S/C15H29NO4/c1-4-8-16-15(2,14(17)18-3)7-5-9-19-11-13-6-10-20-12-13/h13,16H,4-12H2,1-3H3. The topological polar surface area (TPSA) is 56.8 Å². The molecule has 1 aliphatic rings. The second-order valence-electron chi connectivity index (χ2n) is 5.66. The molecule has 0 spiro atoms. The second kappa shape index (κ2) is 9.32. The molecule has 0 aromatic carbocycles. The van der Waals surface area contributed by atoms with Gasteiger partial charge >= 0.3 is 5.97 Å². The molecule has 20 heavy (non-hydrogen) atoms. The van der Waals surface area contributed by atoms with Crippen LogP contribution >= 0.6 is 0 Å². The lowest BCUT2D eigenvalue weighted by Gasteiger charge is -2.28. The van der Waals surface area contributed by atoms with Crippen molar-refractivity contribution in [3.05, 3.63) is 0 Å². The van der Waals surface area contributed by atoms with Gasteiger partial charge in [-0.2, -0.15) is 0 Å². The lowest BCUT2D eigenvalue weighted by Crippen LogP contribution is -2.50. The summed E-state index contributed by atoms with van der Waals surface area (Å²) in [5.41, 5.74) is -0.607. The molecule has 0 aromatic rings. The molecule has 1 heterocycles. The molecule has 1 fully saturated rings.